The second-order valence-corrected chi connectivity index (χ2v) is 2.82. The predicted octanol–water partition coefficient (Wildman–Crippen LogP) is -1.78. The maximum Gasteiger partial charge on any atom is 0.279 e. The van der Waals surface area contributed by atoms with Crippen LogP contribution in [0.4, 0.5) is 8.78 Å². The van der Waals surface area contributed by atoms with Gasteiger partial charge in [-0.05, 0) is 0 Å². The van der Waals surface area contributed by atoms with Gasteiger partial charge in [0.15, 0.2) is 0 Å². The van der Waals surface area contributed by atoms with E-state index in [1.807, 2.05) is 0 Å². The fourth-order valence-corrected chi connectivity index (χ4v) is 1.13. The van der Waals surface area contributed by atoms with Gasteiger partial charge in [0.2, 0.25) is 0 Å². The van der Waals surface area contributed by atoms with Crippen molar-refractivity contribution in [2.45, 2.75) is 0 Å². The molecule has 16 heavy (non-hydrogen) atoms. The summed E-state index contributed by atoms with van der Waals surface area (Å²) in [6.07, 6.45) is 0. The van der Waals surface area contributed by atoms with E-state index in [2.05, 4.69) is 9.97 Å². The zero-order chi connectivity index (χ0) is 12.0. The molecule has 0 aliphatic rings. The lowest BCUT2D eigenvalue weighted by Crippen LogP contribution is -2.47. The summed E-state index contributed by atoms with van der Waals surface area (Å²) in [4.78, 5) is 49.6. The molecule has 0 spiro atoms. The Kier molecular flexibility index (Phi) is 1.94. The van der Waals surface area contributed by atoms with E-state index in [1.54, 1.807) is 0 Å². The molecule has 1 heterocycles. The lowest BCUT2D eigenvalue weighted by atomic mass is 10.2. The lowest BCUT2D eigenvalue weighted by molar-refractivity contribution is 0.458. The van der Waals surface area contributed by atoms with Crippen LogP contribution in [0.3, 0.4) is 0 Å². The molecule has 0 saturated heterocycles. The molecule has 6 nitrogen and oxygen atoms in total. The van der Waals surface area contributed by atoms with Crippen molar-refractivity contribution in [3.63, 3.8) is 0 Å². The van der Waals surface area contributed by atoms with E-state index >= 15 is 0 Å². The van der Waals surface area contributed by atoms with Gasteiger partial charge in [0.05, 0.1) is 0 Å². The van der Waals surface area contributed by atoms with Crippen LogP contribution in [0.25, 0.3) is 11.0 Å². The van der Waals surface area contributed by atoms with Crippen LogP contribution in [0.1, 0.15) is 0 Å². The first-order chi connectivity index (χ1) is 7.43. The number of nitrogens with zero attached hydrogens (tertiary/aromatic N) is 2. The fourth-order valence-electron chi connectivity index (χ4n) is 1.13. The van der Waals surface area contributed by atoms with E-state index in [-0.39, 0.29) is 0 Å². The second-order valence-electron chi connectivity index (χ2n) is 2.82. The number of rotatable bonds is 0. The Labute approximate surface area is 83.5 Å². The standard InChI is InChI=1S/C8F2N2O4/c9-7-8(10)12-2-1(11-7)3(13)5(15)6(16)4(2)14. The topological polar surface area (TPSA) is 94.1 Å². The van der Waals surface area contributed by atoms with Crippen LogP contribution >= 0.6 is 0 Å². The largest absolute Gasteiger partial charge is 0.283 e. The molecule has 0 fully saturated rings. The van der Waals surface area contributed by atoms with Gasteiger partial charge in [0.25, 0.3) is 33.6 Å². The third kappa shape index (κ3) is 1.16. The first-order valence-corrected chi connectivity index (χ1v) is 3.84. The molecular weight excluding hydrogens is 226 g/mol. The van der Waals surface area contributed by atoms with E-state index in [4.69, 9.17) is 0 Å². The summed E-state index contributed by atoms with van der Waals surface area (Å²) in [5.41, 5.74) is -8.06. The molecular formula is C8F2N2O4. The average Bonchev–Trinajstić information content (AvgIpc) is 2.26. The maximum absolute atomic E-state index is 12.6. The number of fused-ring (bicyclic) bond motifs is 1. The fraction of sp³-hybridized carbons (Fsp3) is 0. The highest BCUT2D eigenvalue weighted by molar-refractivity contribution is 5.72. The second kappa shape index (κ2) is 3.05. The predicted molar refractivity (Wildman–Crippen MR) is 46.9 cm³/mol. The average molecular weight is 226 g/mol. The first-order valence-electron chi connectivity index (χ1n) is 3.84. The van der Waals surface area contributed by atoms with E-state index in [0.717, 1.165) is 0 Å². The summed E-state index contributed by atoms with van der Waals surface area (Å²) >= 11 is 0. The van der Waals surface area contributed by atoms with Crippen LogP contribution in [0.2, 0.25) is 0 Å². The molecule has 0 atom stereocenters. The van der Waals surface area contributed by atoms with Crippen LogP contribution in [0.5, 0.6) is 0 Å². The minimum Gasteiger partial charge on any atom is -0.283 e. The molecule has 0 aliphatic carbocycles. The van der Waals surface area contributed by atoms with Gasteiger partial charge in [0.1, 0.15) is 11.0 Å². The highest BCUT2D eigenvalue weighted by Crippen LogP contribution is 2.01. The lowest BCUT2D eigenvalue weighted by Gasteiger charge is -1.93. The number of hydrogen-bond donors (Lipinski definition) is 0. The molecule has 0 bridgehead atoms. The van der Waals surface area contributed by atoms with Crippen molar-refractivity contribution in [1.82, 2.24) is 9.97 Å². The zero-order valence-electron chi connectivity index (χ0n) is 7.28. The highest BCUT2D eigenvalue weighted by atomic mass is 19.2. The van der Waals surface area contributed by atoms with Gasteiger partial charge >= 0.3 is 0 Å². The molecule has 2 rings (SSSR count). The molecule has 8 heteroatoms. The van der Waals surface area contributed by atoms with Gasteiger partial charge in [-0.3, -0.25) is 19.2 Å². The van der Waals surface area contributed by atoms with Gasteiger partial charge < -0.3 is 0 Å². The molecule has 2 aromatic rings. The highest BCUT2D eigenvalue weighted by Gasteiger charge is 2.18. The van der Waals surface area contributed by atoms with Gasteiger partial charge in [-0.15, -0.1) is 0 Å². The molecule has 0 amide bonds. The Morgan fingerprint density at radius 2 is 0.938 bits per heavy atom. The molecule has 0 unspecified atom stereocenters. The minimum atomic E-state index is -1.72. The third-order valence-corrected chi connectivity index (χ3v) is 1.86. The zero-order valence-corrected chi connectivity index (χ0v) is 7.28. The van der Waals surface area contributed by atoms with Gasteiger partial charge in [0, 0.05) is 0 Å². The first kappa shape index (κ1) is 10.1. The quantitative estimate of drug-likeness (QED) is 0.493. The van der Waals surface area contributed by atoms with E-state index < -0.39 is 44.6 Å². The molecule has 1 aromatic heterocycles. The molecule has 80 valence electrons. The van der Waals surface area contributed by atoms with Gasteiger partial charge in [-0.2, -0.15) is 8.78 Å². The summed E-state index contributed by atoms with van der Waals surface area (Å²) in [6, 6.07) is 0. The Bertz CT molecular complexity index is 739. The molecule has 0 N–H and O–H groups in total. The van der Waals surface area contributed by atoms with Crippen molar-refractivity contribution < 1.29 is 8.78 Å². The molecule has 0 radical (unpaired) electrons. The number of aromatic nitrogens is 2. The van der Waals surface area contributed by atoms with Crippen molar-refractivity contribution in [2.24, 2.45) is 0 Å². The van der Waals surface area contributed by atoms with Crippen molar-refractivity contribution in [2.75, 3.05) is 0 Å². The molecule has 0 saturated carbocycles. The summed E-state index contributed by atoms with van der Waals surface area (Å²) in [6.45, 7) is 0. The summed E-state index contributed by atoms with van der Waals surface area (Å²) in [7, 11) is 0. The monoisotopic (exact) mass is 226 g/mol. The van der Waals surface area contributed by atoms with Crippen molar-refractivity contribution >= 4 is 11.0 Å². The van der Waals surface area contributed by atoms with Crippen molar-refractivity contribution in [3.05, 3.63) is 52.8 Å². The normalized spacial score (nSPS) is 10.9. The van der Waals surface area contributed by atoms with Crippen molar-refractivity contribution in [3.8, 4) is 0 Å². The van der Waals surface area contributed by atoms with E-state index in [9.17, 15) is 28.0 Å². The number of hydrogen-bond acceptors (Lipinski definition) is 6. The smallest absolute Gasteiger partial charge is 0.279 e. The Balaban J connectivity index is 3.30. The van der Waals surface area contributed by atoms with E-state index in [1.165, 1.54) is 0 Å². The van der Waals surface area contributed by atoms with Crippen LogP contribution in [-0.2, 0) is 0 Å². The maximum atomic E-state index is 12.6. The third-order valence-electron chi connectivity index (χ3n) is 1.86. The summed E-state index contributed by atoms with van der Waals surface area (Å²) in [5.74, 6) is -3.44. The molecule has 0 aliphatic heterocycles. The SMILES string of the molecule is O=c1c(=O)c(=O)c2nc(F)c(F)nc2c1=O. The number of benzene rings is 1. The Morgan fingerprint density at radius 1 is 0.625 bits per heavy atom. The van der Waals surface area contributed by atoms with E-state index in [0.29, 0.717) is 0 Å². The number of halogens is 2. The Hall–Kier alpha value is -2.38. The Morgan fingerprint density at radius 3 is 1.25 bits per heavy atom. The summed E-state index contributed by atoms with van der Waals surface area (Å²) < 4.78 is 25.2. The van der Waals surface area contributed by atoms with Crippen LogP contribution < -0.4 is 21.7 Å². The van der Waals surface area contributed by atoms with Gasteiger partial charge in [-0.25, -0.2) is 9.97 Å². The van der Waals surface area contributed by atoms with Crippen LogP contribution in [0, 0.1) is 11.9 Å². The van der Waals surface area contributed by atoms with Crippen LogP contribution in [0.15, 0.2) is 19.2 Å². The summed E-state index contributed by atoms with van der Waals surface area (Å²) in [5, 5.41) is 0. The van der Waals surface area contributed by atoms with Gasteiger partial charge in [-0.1, -0.05) is 0 Å². The van der Waals surface area contributed by atoms with Crippen LogP contribution in [-0.4, -0.2) is 9.97 Å². The van der Waals surface area contributed by atoms with Crippen molar-refractivity contribution in [1.29, 1.82) is 0 Å². The minimum absolute atomic E-state index is 0.937. The molecule has 1 aromatic carbocycles.